The number of halogens is 1. The van der Waals surface area contributed by atoms with Crippen LogP contribution in [0.5, 0.6) is 0 Å². The smallest absolute Gasteiger partial charge is 0.244 e. The van der Waals surface area contributed by atoms with Crippen molar-refractivity contribution in [2.75, 3.05) is 0 Å². The van der Waals surface area contributed by atoms with E-state index in [2.05, 4.69) is 5.32 Å². The fourth-order valence-corrected chi connectivity index (χ4v) is 3.38. The summed E-state index contributed by atoms with van der Waals surface area (Å²) in [6, 6.07) is 14.5. The first-order valence-corrected chi connectivity index (χ1v) is 8.83. The quantitative estimate of drug-likeness (QED) is 0.629. The van der Waals surface area contributed by atoms with Crippen LogP contribution >= 0.6 is 22.9 Å². The van der Waals surface area contributed by atoms with E-state index >= 15 is 0 Å². The zero-order chi connectivity index (χ0) is 17.6. The van der Waals surface area contributed by atoms with Crippen LogP contribution in [0.15, 0.2) is 65.3 Å². The minimum Gasteiger partial charge on any atom is -0.466 e. The minimum absolute atomic E-state index is 0.207. The van der Waals surface area contributed by atoms with Gasteiger partial charge >= 0.3 is 0 Å². The maximum absolute atomic E-state index is 11.9. The molecule has 1 atom stereocenters. The highest BCUT2D eigenvalue weighted by atomic mass is 35.5. The van der Waals surface area contributed by atoms with Gasteiger partial charge in [0.05, 0.1) is 12.8 Å². The molecule has 0 bridgehead atoms. The molecule has 0 radical (unpaired) electrons. The Hall–Kier alpha value is -2.34. The van der Waals surface area contributed by atoms with E-state index in [0.717, 1.165) is 15.3 Å². The van der Waals surface area contributed by atoms with E-state index in [1.807, 2.05) is 30.3 Å². The molecule has 25 heavy (non-hydrogen) atoms. The second kappa shape index (κ2) is 8.16. The maximum atomic E-state index is 11.9. The van der Waals surface area contributed by atoms with Crippen molar-refractivity contribution in [1.29, 1.82) is 0 Å². The predicted molar refractivity (Wildman–Crippen MR) is 99.4 cm³/mol. The van der Waals surface area contributed by atoms with Crippen LogP contribution in [0.3, 0.4) is 0 Å². The molecule has 0 aliphatic rings. The van der Waals surface area contributed by atoms with Crippen LogP contribution in [0.25, 0.3) is 6.08 Å². The van der Waals surface area contributed by atoms with Crippen LogP contribution in [0, 0.1) is 0 Å². The monoisotopic (exact) mass is 373 g/mol. The highest BCUT2D eigenvalue weighted by Gasteiger charge is 2.15. The average molecular weight is 374 g/mol. The summed E-state index contributed by atoms with van der Waals surface area (Å²) >= 11 is 7.47. The van der Waals surface area contributed by atoms with Gasteiger partial charge in [0.1, 0.15) is 11.9 Å². The molecule has 2 heterocycles. The zero-order valence-corrected chi connectivity index (χ0v) is 14.8. The van der Waals surface area contributed by atoms with Gasteiger partial charge in [0.15, 0.2) is 0 Å². The van der Waals surface area contributed by atoms with Gasteiger partial charge in [0.25, 0.3) is 0 Å². The molecule has 0 aliphatic carbocycles. The van der Waals surface area contributed by atoms with Crippen LogP contribution in [-0.2, 0) is 11.3 Å². The lowest BCUT2D eigenvalue weighted by molar-refractivity contribution is -0.116. The summed E-state index contributed by atoms with van der Waals surface area (Å²) in [6.07, 6.45) is 3.87. The molecule has 2 N–H and O–H groups in total. The fraction of sp³-hybridized carbons (Fsp3) is 0.105. The first kappa shape index (κ1) is 17.5. The van der Waals surface area contributed by atoms with E-state index in [4.69, 9.17) is 16.0 Å². The number of furan rings is 1. The van der Waals surface area contributed by atoms with E-state index in [0.29, 0.717) is 17.3 Å². The Morgan fingerprint density at radius 3 is 2.84 bits per heavy atom. The molecule has 0 fully saturated rings. The van der Waals surface area contributed by atoms with Crippen molar-refractivity contribution in [3.63, 3.8) is 0 Å². The summed E-state index contributed by atoms with van der Waals surface area (Å²) in [5, 5.41) is 13.6. The first-order valence-electron chi connectivity index (χ1n) is 7.64. The van der Waals surface area contributed by atoms with Crippen molar-refractivity contribution in [2.45, 2.75) is 12.6 Å². The molecule has 4 nitrogen and oxygen atoms in total. The van der Waals surface area contributed by atoms with Crippen molar-refractivity contribution in [1.82, 2.24) is 5.32 Å². The molecule has 0 saturated heterocycles. The molecule has 1 amide bonds. The lowest BCUT2D eigenvalue weighted by atomic mass is 10.2. The number of rotatable bonds is 6. The molecule has 3 rings (SSSR count). The van der Waals surface area contributed by atoms with E-state index in [1.165, 1.54) is 23.7 Å². The highest BCUT2D eigenvalue weighted by Crippen LogP contribution is 2.28. The number of thiophene rings is 1. The first-order chi connectivity index (χ1) is 12.1. The number of amides is 1. The van der Waals surface area contributed by atoms with Crippen molar-refractivity contribution < 1.29 is 14.3 Å². The average Bonchev–Trinajstić information content (AvgIpc) is 3.30. The maximum Gasteiger partial charge on any atom is 0.244 e. The van der Waals surface area contributed by atoms with E-state index in [9.17, 15) is 9.90 Å². The lowest BCUT2D eigenvalue weighted by Gasteiger charge is -2.04. The number of carbonyl (C=O) groups is 1. The topological polar surface area (TPSA) is 62.5 Å². The van der Waals surface area contributed by atoms with Crippen molar-refractivity contribution in [3.8, 4) is 0 Å². The SMILES string of the molecule is O=C(/C=C/c1ccccc1Cl)NCc1ccc([C@H](O)c2ccco2)s1. The molecule has 2 aromatic heterocycles. The van der Waals surface area contributed by atoms with Crippen LogP contribution in [0.4, 0.5) is 0 Å². The lowest BCUT2D eigenvalue weighted by Crippen LogP contribution is -2.19. The summed E-state index contributed by atoms with van der Waals surface area (Å²) in [4.78, 5) is 13.6. The van der Waals surface area contributed by atoms with Gasteiger partial charge < -0.3 is 14.8 Å². The Morgan fingerprint density at radius 1 is 1.24 bits per heavy atom. The number of hydrogen-bond acceptors (Lipinski definition) is 4. The fourth-order valence-electron chi connectivity index (χ4n) is 2.23. The molecule has 0 saturated carbocycles. The third kappa shape index (κ3) is 4.60. The second-order valence-electron chi connectivity index (χ2n) is 5.29. The third-order valence-electron chi connectivity index (χ3n) is 3.52. The molecular weight excluding hydrogens is 358 g/mol. The predicted octanol–water partition coefficient (Wildman–Crippen LogP) is 4.41. The van der Waals surface area contributed by atoms with Gasteiger partial charge in [-0.2, -0.15) is 0 Å². The van der Waals surface area contributed by atoms with Crippen molar-refractivity contribution in [3.05, 3.63) is 87.0 Å². The van der Waals surface area contributed by atoms with E-state index in [1.54, 1.807) is 24.3 Å². The third-order valence-corrected chi connectivity index (χ3v) is 5.00. The number of nitrogens with one attached hydrogen (secondary N) is 1. The number of benzene rings is 1. The molecule has 0 spiro atoms. The molecule has 0 aliphatic heterocycles. The van der Waals surface area contributed by atoms with Crippen LogP contribution in [0.1, 0.15) is 27.2 Å². The van der Waals surface area contributed by atoms with Crippen LogP contribution < -0.4 is 5.32 Å². The van der Waals surface area contributed by atoms with Crippen molar-refractivity contribution >= 4 is 34.9 Å². The molecular formula is C19H16ClNO3S. The Kier molecular flexibility index (Phi) is 5.71. The number of aliphatic hydroxyl groups excluding tert-OH is 1. The summed E-state index contributed by atoms with van der Waals surface area (Å²) in [5.41, 5.74) is 0.791. The minimum atomic E-state index is -0.787. The normalized spacial score (nSPS) is 12.4. The largest absolute Gasteiger partial charge is 0.466 e. The van der Waals surface area contributed by atoms with Gasteiger partial charge in [-0.1, -0.05) is 29.8 Å². The molecule has 6 heteroatoms. The number of aliphatic hydroxyl groups is 1. The van der Waals surface area contributed by atoms with Gasteiger partial charge in [-0.05, 0) is 42.0 Å². The van der Waals surface area contributed by atoms with E-state index < -0.39 is 6.10 Å². The van der Waals surface area contributed by atoms with Gasteiger partial charge in [0, 0.05) is 20.9 Å². The van der Waals surface area contributed by atoms with Gasteiger partial charge in [-0.15, -0.1) is 11.3 Å². The highest BCUT2D eigenvalue weighted by molar-refractivity contribution is 7.12. The summed E-state index contributed by atoms with van der Waals surface area (Å²) < 4.78 is 5.21. The Morgan fingerprint density at radius 2 is 2.08 bits per heavy atom. The molecule has 3 aromatic rings. The summed E-state index contributed by atoms with van der Waals surface area (Å²) in [7, 11) is 0. The Bertz CT molecular complexity index is 870. The second-order valence-corrected chi connectivity index (χ2v) is 6.90. The number of carbonyl (C=O) groups excluding carboxylic acids is 1. The zero-order valence-electron chi connectivity index (χ0n) is 13.2. The van der Waals surface area contributed by atoms with Crippen LogP contribution in [-0.4, -0.2) is 11.0 Å². The Balaban J connectivity index is 1.55. The van der Waals surface area contributed by atoms with Crippen LogP contribution in [0.2, 0.25) is 5.02 Å². The van der Waals surface area contributed by atoms with E-state index in [-0.39, 0.29) is 5.91 Å². The molecule has 0 unspecified atom stereocenters. The summed E-state index contributed by atoms with van der Waals surface area (Å²) in [6.45, 7) is 0.390. The number of hydrogen-bond donors (Lipinski definition) is 2. The van der Waals surface area contributed by atoms with Gasteiger partial charge in [0.2, 0.25) is 5.91 Å². The van der Waals surface area contributed by atoms with Gasteiger partial charge in [-0.3, -0.25) is 4.79 Å². The summed E-state index contributed by atoms with van der Waals surface area (Å²) in [5.74, 6) is 0.293. The van der Waals surface area contributed by atoms with Gasteiger partial charge in [-0.25, -0.2) is 0 Å². The molecule has 128 valence electrons. The Labute approximate surface area is 154 Å². The van der Waals surface area contributed by atoms with Crippen molar-refractivity contribution in [2.24, 2.45) is 0 Å². The standard InChI is InChI=1S/C19H16ClNO3S/c20-15-5-2-1-4-13(15)7-10-18(22)21-12-14-8-9-17(25-14)19(23)16-6-3-11-24-16/h1-11,19,23H,12H2,(H,21,22)/b10-7+/t19-/m1/s1. The molecule has 1 aromatic carbocycles.